The van der Waals surface area contributed by atoms with Crippen molar-refractivity contribution in [3.8, 4) is 0 Å². The maximum absolute atomic E-state index is 10.9. The fourth-order valence-electron chi connectivity index (χ4n) is 2.05. The summed E-state index contributed by atoms with van der Waals surface area (Å²) < 4.78 is 5.87. The average Bonchev–Trinajstić information content (AvgIpc) is 2.30. The van der Waals surface area contributed by atoms with Crippen molar-refractivity contribution in [2.45, 2.75) is 25.6 Å². The van der Waals surface area contributed by atoms with Gasteiger partial charge in [-0.25, -0.2) is 4.98 Å². The van der Waals surface area contributed by atoms with Gasteiger partial charge in [-0.3, -0.25) is 4.79 Å². The molecule has 0 unspecified atom stereocenters. The van der Waals surface area contributed by atoms with Crippen LogP contribution >= 0.6 is 15.9 Å². The minimum absolute atomic E-state index is 0.385. The van der Waals surface area contributed by atoms with Crippen LogP contribution in [0.4, 0.5) is 5.82 Å². The lowest BCUT2D eigenvalue weighted by atomic mass is 10.0. The first kappa shape index (κ1) is 13.3. The standard InChI is InChI=1S/C12H15BrN2O3/c1-9(16)18-12(17)4-7-15(8-5-12)11-10(13)3-2-6-14-11/h2-3,6,17H,4-5,7-8H2,1H3. The molecule has 0 aliphatic carbocycles. The Hall–Kier alpha value is -1.14. The quantitative estimate of drug-likeness (QED) is 0.665. The molecule has 1 fully saturated rings. The van der Waals surface area contributed by atoms with Crippen molar-refractivity contribution in [2.75, 3.05) is 18.0 Å². The molecule has 0 spiro atoms. The fourth-order valence-corrected chi connectivity index (χ4v) is 2.55. The number of hydrogen-bond donors (Lipinski definition) is 1. The van der Waals surface area contributed by atoms with Crippen molar-refractivity contribution in [1.82, 2.24) is 4.98 Å². The first-order chi connectivity index (χ1) is 8.50. The van der Waals surface area contributed by atoms with Gasteiger partial charge >= 0.3 is 5.97 Å². The Labute approximate surface area is 114 Å². The Kier molecular flexibility index (Phi) is 3.87. The van der Waals surface area contributed by atoms with E-state index in [9.17, 15) is 9.90 Å². The number of carbonyl (C=O) groups is 1. The van der Waals surface area contributed by atoms with E-state index in [0.717, 1.165) is 10.3 Å². The number of carbonyl (C=O) groups excluding carboxylic acids is 1. The number of rotatable bonds is 2. The number of pyridine rings is 1. The molecule has 1 aliphatic heterocycles. The normalized spacial score (nSPS) is 18.5. The van der Waals surface area contributed by atoms with E-state index in [1.807, 2.05) is 12.1 Å². The van der Waals surface area contributed by atoms with Crippen LogP contribution in [0.25, 0.3) is 0 Å². The molecule has 1 N–H and O–H groups in total. The number of hydrogen-bond acceptors (Lipinski definition) is 5. The van der Waals surface area contributed by atoms with Gasteiger partial charge in [-0.05, 0) is 28.1 Å². The molecule has 2 heterocycles. The maximum atomic E-state index is 10.9. The van der Waals surface area contributed by atoms with Crippen molar-refractivity contribution in [3.05, 3.63) is 22.8 Å². The van der Waals surface area contributed by atoms with Crippen LogP contribution in [0.2, 0.25) is 0 Å². The van der Waals surface area contributed by atoms with Gasteiger partial charge in [-0.15, -0.1) is 0 Å². The molecule has 1 aliphatic rings. The molecule has 6 heteroatoms. The molecule has 18 heavy (non-hydrogen) atoms. The summed E-state index contributed by atoms with van der Waals surface area (Å²) in [5.74, 6) is -0.934. The van der Waals surface area contributed by atoms with Gasteiger partial charge in [-0.2, -0.15) is 0 Å². The fraction of sp³-hybridized carbons (Fsp3) is 0.500. The van der Waals surface area contributed by atoms with E-state index in [0.29, 0.717) is 25.9 Å². The number of anilines is 1. The molecular weight excluding hydrogens is 300 g/mol. The lowest BCUT2D eigenvalue weighted by Gasteiger charge is -2.37. The average molecular weight is 315 g/mol. The van der Waals surface area contributed by atoms with Crippen LogP contribution in [0.15, 0.2) is 22.8 Å². The van der Waals surface area contributed by atoms with Gasteiger partial charge in [0, 0.05) is 39.1 Å². The predicted molar refractivity (Wildman–Crippen MR) is 70.1 cm³/mol. The molecular formula is C12H15BrN2O3. The molecule has 98 valence electrons. The Morgan fingerprint density at radius 3 is 2.78 bits per heavy atom. The maximum Gasteiger partial charge on any atom is 0.305 e. The topological polar surface area (TPSA) is 62.7 Å². The summed E-state index contributed by atoms with van der Waals surface area (Å²) in [6, 6.07) is 3.78. The smallest absolute Gasteiger partial charge is 0.305 e. The highest BCUT2D eigenvalue weighted by Gasteiger charge is 2.35. The molecule has 0 saturated carbocycles. The van der Waals surface area contributed by atoms with Gasteiger partial charge < -0.3 is 14.7 Å². The third kappa shape index (κ3) is 3.00. The van der Waals surface area contributed by atoms with Crippen LogP contribution in [0.5, 0.6) is 0 Å². The highest BCUT2D eigenvalue weighted by atomic mass is 79.9. The second-order valence-electron chi connectivity index (χ2n) is 4.34. The zero-order valence-corrected chi connectivity index (χ0v) is 11.7. The summed E-state index contributed by atoms with van der Waals surface area (Å²) in [4.78, 5) is 17.3. The highest BCUT2D eigenvalue weighted by molar-refractivity contribution is 9.10. The third-order valence-corrected chi connectivity index (χ3v) is 3.54. The van der Waals surface area contributed by atoms with Crippen molar-refractivity contribution in [1.29, 1.82) is 0 Å². The summed E-state index contributed by atoms with van der Waals surface area (Å²) in [7, 11) is 0. The number of piperidine rings is 1. The van der Waals surface area contributed by atoms with Crippen molar-refractivity contribution < 1.29 is 14.6 Å². The van der Waals surface area contributed by atoms with Crippen molar-refractivity contribution in [3.63, 3.8) is 0 Å². The number of esters is 1. The van der Waals surface area contributed by atoms with Gasteiger partial charge in [0.2, 0.25) is 5.79 Å². The molecule has 1 aromatic heterocycles. The molecule has 1 aromatic rings. The van der Waals surface area contributed by atoms with E-state index in [1.54, 1.807) is 6.20 Å². The summed E-state index contributed by atoms with van der Waals surface area (Å²) in [6.45, 7) is 2.50. The minimum atomic E-state index is -1.33. The molecule has 0 aromatic carbocycles. The van der Waals surface area contributed by atoms with Gasteiger partial charge in [0.15, 0.2) is 0 Å². The summed E-state index contributed by atoms with van der Waals surface area (Å²) >= 11 is 3.45. The Morgan fingerprint density at radius 1 is 1.56 bits per heavy atom. The molecule has 0 amide bonds. The van der Waals surface area contributed by atoms with Gasteiger partial charge in [-0.1, -0.05) is 0 Å². The molecule has 0 atom stereocenters. The van der Waals surface area contributed by atoms with Gasteiger partial charge in [0.25, 0.3) is 0 Å². The van der Waals surface area contributed by atoms with E-state index >= 15 is 0 Å². The number of aliphatic hydroxyl groups is 1. The predicted octanol–water partition coefficient (Wildman–Crippen LogP) is 1.70. The molecule has 0 bridgehead atoms. The van der Waals surface area contributed by atoms with Gasteiger partial charge in [0.1, 0.15) is 5.82 Å². The van der Waals surface area contributed by atoms with Crippen molar-refractivity contribution in [2.24, 2.45) is 0 Å². The Balaban J connectivity index is 2.03. The number of halogens is 1. The molecule has 0 radical (unpaired) electrons. The SMILES string of the molecule is CC(=O)OC1(O)CCN(c2ncccc2Br)CC1. The number of nitrogens with zero attached hydrogens (tertiary/aromatic N) is 2. The second-order valence-corrected chi connectivity index (χ2v) is 5.19. The molecule has 5 nitrogen and oxygen atoms in total. The van der Waals surface area contributed by atoms with Crippen LogP contribution in [0, 0.1) is 0 Å². The lowest BCUT2D eigenvalue weighted by Crippen LogP contribution is -2.47. The Morgan fingerprint density at radius 2 is 2.22 bits per heavy atom. The monoisotopic (exact) mass is 314 g/mol. The van der Waals surface area contributed by atoms with E-state index in [4.69, 9.17) is 4.74 Å². The van der Waals surface area contributed by atoms with E-state index < -0.39 is 11.8 Å². The molecule has 2 rings (SSSR count). The first-order valence-electron chi connectivity index (χ1n) is 5.78. The second kappa shape index (κ2) is 5.24. The van der Waals surface area contributed by atoms with E-state index in [-0.39, 0.29) is 0 Å². The lowest BCUT2D eigenvalue weighted by molar-refractivity contribution is -0.214. The first-order valence-corrected chi connectivity index (χ1v) is 6.57. The van der Waals surface area contributed by atoms with E-state index in [1.165, 1.54) is 6.92 Å². The van der Waals surface area contributed by atoms with Crippen molar-refractivity contribution >= 4 is 27.7 Å². The zero-order valence-electron chi connectivity index (χ0n) is 10.1. The summed E-state index contributed by atoms with van der Waals surface area (Å²) in [6.07, 6.45) is 2.50. The summed E-state index contributed by atoms with van der Waals surface area (Å²) in [5.41, 5.74) is 0. The minimum Gasteiger partial charge on any atom is -0.433 e. The third-order valence-electron chi connectivity index (χ3n) is 2.92. The number of aromatic nitrogens is 1. The van der Waals surface area contributed by atoms with Crippen LogP contribution in [0.1, 0.15) is 19.8 Å². The molecule has 1 saturated heterocycles. The largest absolute Gasteiger partial charge is 0.433 e. The zero-order chi connectivity index (χ0) is 13.2. The highest BCUT2D eigenvalue weighted by Crippen LogP contribution is 2.30. The van der Waals surface area contributed by atoms with Crippen LogP contribution in [-0.2, 0) is 9.53 Å². The van der Waals surface area contributed by atoms with E-state index in [2.05, 4.69) is 25.8 Å². The van der Waals surface area contributed by atoms with Crippen LogP contribution in [0.3, 0.4) is 0 Å². The van der Waals surface area contributed by atoms with Gasteiger partial charge in [0.05, 0.1) is 4.47 Å². The van der Waals surface area contributed by atoms with Crippen LogP contribution < -0.4 is 4.90 Å². The number of ether oxygens (including phenoxy) is 1. The Bertz CT molecular complexity index is 445. The van der Waals surface area contributed by atoms with Crippen LogP contribution in [-0.4, -0.2) is 34.9 Å². The summed E-state index contributed by atoms with van der Waals surface area (Å²) in [5, 5.41) is 10.1.